The van der Waals surface area contributed by atoms with Gasteiger partial charge < -0.3 is 29.0 Å². The molecule has 1 amide bonds. The van der Waals surface area contributed by atoms with Crippen molar-refractivity contribution in [2.75, 3.05) is 40.6 Å². The van der Waals surface area contributed by atoms with Gasteiger partial charge in [0.25, 0.3) is 11.7 Å². The van der Waals surface area contributed by atoms with Crippen LogP contribution in [0.3, 0.4) is 0 Å². The van der Waals surface area contributed by atoms with Gasteiger partial charge in [-0.1, -0.05) is 19.9 Å². The number of carbonyl (C=O) groups excluding carboxylic acids is 2. The summed E-state index contributed by atoms with van der Waals surface area (Å²) in [5, 5.41) is 11.2. The monoisotopic (exact) mass is 497 g/mol. The molecule has 1 fully saturated rings. The lowest BCUT2D eigenvalue weighted by Crippen LogP contribution is -2.32. The van der Waals surface area contributed by atoms with Crippen molar-refractivity contribution >= 4 is 17.4 Å². The van der Waals surface area contributed by atoms with Gasteiger partial charge in [0.2, 0.25) is 0 Å². The number of ether oxygens (including phenoxy) is 4. The first kappa shape index (κ1) is 27.1. The van der Waals surface area contributed by atoms with E-state index in [1.54, 1.807) is 49.6 Å². The first-order valence-electron chi connectivity index (χ1n) is 12.1. The summed E-state index contributed by atoms with van der Waals surface area (Å²) in [6, 6.07) is 11.2. The Morgan fingerprint density at radius 3 is 2.33 bits per heavy atom. The molecule has 1 saturated heterocycles. The van der Waals surface area contributed by atoms with Gasteiger partial charge in [-0.2, -0.15) is 0 Å². The summed E-state index contributed by atoms with van der Waals surface area (Å²) < 4.78 is 22.2. The Kier molecular flexibility index (Phi) is 9.36. The third kappa shape index (κ3) is 5.99. The van der Waals surface area contributed by atoms with Gasteiger partial charge in [0, 0.05) is 19.2 Å². The second kappa shape index (κ2) is 12.4. The zero-order valence-electron chi connectivity index (χ0n) is 21.6. The third-order valence-electron chi connectivity index (χ3n) is 5.98. The van der Waals surface area contributed by atoms with Crippen LogP contribution in [0.1, 0.15) is 44.4 Å². The number of nitrogens with zero attached hydrogens (tertiary/aromatic N) is 1. The van der Waals surface area contributed by atoms with E-state index >= 15 is 0 Å². The highest BCUT2D eigenvalue weighted by molar-refractivity contribution is 6.46. The SMILES string of the molecule is CCOc1cc(C2C(=C(O)c3ccc(OC)cc3)C(=O)C(=O)N2CCOC)ccc1OCCC(C)C. The Morgan fingerprint density at radius 2 is 1.72 bits per heavy atom. The molecule has 2 aromatic carbocycles. The Hall–Kier alpha value is -3.52. The molecule has 1 atom stereocenters. The number of carbonyl (C=O) groups is 2. The first-order chi connectivity index (χ1) is 17.3. The van der Waals surface area contributed by atoms with Gasteiger partial charge in [0.1, 0.15) is 11.5 Å². The highest BCUT2D eigenvalue weighted by Crippen LogP contribution is 2.42. The van der Waals surface area contributed by atoms with Crippen molar-refractivity contribution in [3.8, 4) is 17.2 Å². The molecular formula is C28H35NO7. The van der Waals surface area contributed by atoms with E-state index in [0.717, 1.165) is 6.42 Å². The predicted octanol–water partition coefficient (Wildman–Crippen LogP) is 4.59. The molecule has 0 spiro atoms. The first-order valence-corrected chi connectivity index (χ1v) is 12.1. The molecule has 1 N–H and O–H groups in total. The number of benzene rings is 2. The lowest BCUT2D eigenvalue weighted by molar-refractivity contribution is -0.140. The predicted molar refractivity (Wildman–Crippen MR) is 136 cm³/mol. The van der Waals surface area contributed by atoms with Crippen LogP contribution >= 0.6 is 0 Å². The normalized spacial score (nSPS) is 17.1. The highest BCUT2D eigenvalue weighted by atomic mass is 16.5. The second-order valence-corrected chi connectivity index (χ2v) is 8.88. The maximum absolute atomic E-state index is 13.2. The van der Waals surface area contributed by atoms with E-state index in [0.29, 0.717) is 47.5 Å². The number of likely N-dealkylation sites (tertiary alicyclic amines) is 1. The third-order valence-corrected chi connectivity index (χ3v) is 5.98. The van der Waals surface area contributed by atoms with Crippen molar-refractivity contribution in [2.45, 2.75) is 33.2 Å². The molecule has 1 heterocycles. The molecule has 1 unspecified atom stereocenters. The molecule has 0 bridgehead atoms. The van der Waals surface area contributed by atoms with Crippen LogP contribution < -0.4 is 14.2 Å². The molecule has 3 rings (SSSR count). The Bertz CT molecular complexity index is 1090. The largest absolute Gasteiger partial charge is 0.507 e. The standard InChI is InChI=1S/C28H35NO7/c1-6-35-23-17-20(9-12-22(23)36-15-13-18(2)3)25-24(27(31)28(32)29(25)14-16-33-4)26(30)19-7-10-21(34-5)11-8-19/h7-12,17-18,25,30H,6,13-16H2,1-5H3. The summed E-state index contributed by atoms with van der Waals surface area (Å²) in [5.41, 5.74) is 1.04. The molecule has 0 saturated carbocycles. The summed E-state index contributed by atoms with van der Waals surface area (Å²) in [6.07, 6.45) is 0.895. The summed E-state index contributed by atoms with van der Waals surface area (Å²) in [5.74, 6) is 0.514. The fourth-order valence-corrected chi connectivity index (χ4v) is 4.04. The number of aliphatic hydroxyl groups is 1. The molecule has 1 aliphatic heterocycles. The van der Waals surface area contributed by atoms with Crippen molar-refractivity contribution < 1.29 is 33.6 Å². The number of amides is 1. The number of Topliss-reactive ketones (excluding diaryl/α,β-unsaturated/α-hetero) is 1. The molecule has 194 valence electrons. The molecule has 0 aliphatic carbocycles. The van der Waals surface area contributed by atoms with Gasteiger partial charge in [-0.25, -0.2) is 0 Å². The fourth-order valence-electron chi connectivity index (χ4n) is 4.04. The summed E-state index contributed by atoms with van der Waals surface area (Å²) in [4.78, 5) is 27.6. The van der Waals surface area contributed by atoms with Crippen LogP contribution in [0.2, 0.25) is 0 Å². The molecule has 8 nitrogen and oxygen atoms in total. The molecule has 1 aliphatic rings. The van der Waals surface area contributed by atoms with Crippen LogP contribution in [0.15, 0.2) is 48.0 Å². The number of methoxy groups -OCH3 is 2. The minimum atomic E-state index is -0.814. The molecule has 8 heteroatoms. The van der Waals surface area contributed by atoms with Crippen LogP contribution in [0.5, 0.6) is 17.2 Å². The van der Waals surface area contributed by atoms with Crippen LogP contribution in [-0.4, -0.2) is 62.3 Å². The van der Waals surface area contributed by atoms with Gasteiger partial charge in [0.15, 0.2) is 11.5 Å². The molecular weight excluding hydrogens is 462 g/mol. The van der Waals surface area contributed by atoms with E-state index < -0.39 is 17.7 Å². The van der Waals surface area contributed by atoms with Crippen molar-refractivity contribution in [3.63, 3.8) is 0 Å². The van der Waals surface area contributed by atoms with Gasteiger partial charge >= 0.3 is 0 Å². The van der Waals surface area contributed by atoms with E-state index in [9.17, 15) is 14.7 Å². The zero-order valence-corrected chi connectivity index (χ0v) is 21.6. The van der Waals surface area contributed by atoms with E-state index in [1.807, 2.05) is 6.92 Å². The second-order valence-electron chi connectivity index (χ2n) is 8.88. The quantitative estimate of drug-likeness (QED) is 0.260. The number of ketones is 1. The highest BCUT2D eigenvalue weighted by Gasteiger charge is 2.46. The van der Waals surface area contributed by atoms with Crippen molar-refractivity contribution in [1.82, 2.24) is 4.90 Å². The van der Waals surface area contributed by atoms with E-state index in [2.05, 4.69) is 13.8 Å². The maximum atomic E-state index is 13.2. The molecule has 2 aromatic rings. The average molecular weight is 498 g/mol. The summed E-state index contributed by atoms with van der Waals surface area (Å²) >= 11 is 0. The minimum absolute atomic E-state index is 0.0113. The summed E-state index contributed by atoms with van der Waals surface area (Å²) in [7, 11) is 3.07. The van der Waals surface area contributed by atoms with Crippen LogP contribution in [0.25, 0.3) is 5.76 Å². The summed E-state index contributed by atoms with van der Waals surface area (Å²) in [6.45, 7) is 7.51. The van der Waals surface area contributed by atoms with Crippen molar-refractivity contribution in [1.29, 1.82) is 0 Å². The fraction of sp³-hybridized carbons (Fsp3) is 0.429. The maximum Gasteiger partial charge on any atom is 0.295 e. The smallest absolute Gasteiger partial charge is 0.295 e. The molecule has 36 heavy (non-hydrogen) atoms. The Balaban J connectivity index is 2.09. The van der Waals surface area contributed by atoms with E-state index in [1.165, 1.54) is 12.0 Å². The number of rotatable bonds is 12. The topological polar surface area (TPSA) is 94.5 Å². The minimum Gasteiger partial charge on any atom is -0.507 e. The van der Waals surface area contributed by atoms with E-state index in [4.69, 9.17) is 18.9 Å². The van der Waals surface area contributed by atoms with Crippen molar-refractivity contribution in [3.05, 3.63) is 59.2 Å². The van der Waals surface area contributed by atoms with Crippen LogP contribution in [0.4, 0.5) is 0 Å². The van der Waals surface area contributed by atoms with Crippen molar-refractivity contribution in [2.24, 2.45) is 5.92 Å². The Morgan fingerprint density at radius 1 is 1.00 bits per heavy atom. The van der Waals surface area contributed by atoms with Crippen LogP contribution in [0, 0.1) is 5.92 Å². The zero-order chi connectivity index (χ0) is 26.2. The lowest BCUT2D eigenvalue weighted by Gasteiger charge is -2.26. The molecule has 0 aromatic heterocycles. The molecule has 0 radical (unpaired) electrons. The number of aliphatic hydroxyl groups excluding tert-OH is 1. The van der Waals surface area contributed by atoms with Gasteiger partial charge in [-0.05, 0) is 61.2 Å². The number of hydrogen-bond donors (Lipinski definition) is 1. The lowest BCUT2D eigenvalue weighted by atomic mass is 9.95. The Labute approximate surface area is 212 Å². The van der Waals surface area contributed by atoms with E-state index in [-0.39, 0.29) is 24.5 Å². The number of hydrogen-bond acceptors (Lipinski definition) is 7. The van der Waals surface area contributed by atoms with Gasteiger partial charge in [-0.15, -0.1) is 0 Å². The van der Waals surface area contributed by atoms with Crippen LogP contribution in [-0.2, 0) is 14.3 Å². The van der Waals surface area contributed by atoms with Gasteiger partial charge in [0.05, 0.1) is 38.5 Å². The average Bonchev–Trinajstić information content (AvgIpc) is 3.12. The van der Waals surface area contributed by atoms with Gasteiger partial charge in [-0.3, -0.25) is 9.59 Å².